The number of rotatable bonds is 0. The van der Waals surface area contributed by atoms with Crippen molar-refractivity contribution in [3.05, 3.63) is 0 Å². The summed E-state index contributed by atoms with van der Waals surface area (Å²) in [5.74, 6) is 0. The van der Waals surface area contributed by atoms with Crippen LogP contribution in [0.2, 0.25) is 0 Å². The van der Waals surface area contributed by atoms with Crippen LogP contribution in [0, 0.1) is 0 Å². The fraction of sp³-hybridized carbons (Fsp3) is 0. The van der Waals surface area contributed by atoms with E-state index in [4.69, 9.17) is 0 Å². The Labute approximate surface area is 77.5 Å². The van der Waals surface area contributed by atoms with Crippen molar-refractivity contribution in [3.63, 3.8) is 0 Å². The molecule has 0 rings (SSSR count). The Morgan fingerprint density at radius 2 is 0.667 bits per heavy atom. The van der Waals surface area contributed by atoms with E-state index in [-0.39, 0.29) is 0 Å². The molecule has 0 aliphatic rings. The SMILES string of the molecule is [Br][Co][Br].[Br][Co][Br]. The first-order chi connectivity index (χ1) is 2.83. The van der Waals surface area contributed by atoms with Gasteiger partial charge >= 0.3 is 78.9 Å². The molecule has 0 aliphatic carbocycles. The van der Waals surface area contributed by atoms with E-state index in [9.17, 15) is 0 Å². The topological polar surface area (TPSA) is 0 Å². The van der Waals surface area contributed by atoms with Gasteiger partial charge in [0.2, 0.25) is 0 Å². The molecule has 0 nitrogen and oxygen atoms in total. The third kappa shape index (κ3) is 28.4. The van der Waals surface area contributed by atoms with Crippen LogP contribution in [0.3, 0.4) is 0 Å². The van der Waals surface area contributed by atoms with E-state index >= 15 is 0 Å². The summed E-state index contributed by atoms with van der Waals surface area (Å²) in [4.78, 5) is 0. The zero-order chi connectivity index (χ0) is 5.41. The fourth-order valence-electron chi connectivity index (χ4n) is 0. The average molecular weight is 437 g/mol. The first kappa shape index (κ1) is 11.7. The second-order valence-corrected chi connectivity index (χ2v) is 10.6. The van der Waals surface area contributed by atoms with Crippen molar-refractivity contribution >= 4 is 56.7 Å². The monoisotopic (exact) mass is 434 g/mol. The van der Waals surface area contributed by atoms with Gasteiger partial charge in [0.15, 0.2) is 0 Å². The zero-order valence-electron chi connectivity index (χ0n) is 2.18. The molecule has 0 unspecified atom stereocenters. The first-order valence-corrected chi connectivity index (χ1v) is 10.8. The predicted molar refractivity (Wildman–Crippen MR) is 35.7 cm³/mol. The Hall–Kier alpha value is 2.93. The molecule has 0 amide bonds. The maximum atomic E-state index is 3.03. The standard InChI is InChI=1S/4BrH.2Co/h4*1H;;/q;;;;2*+2/p-4. The van der Waals surface area contributed by atoms with E-state index in [1.54, 1.807) is 0 Å². The van der Waals surface area contributed by atoms with Crippen LogP contribution < -0.4 is 0 Å². The third-order valence-corrected chi connectivity index (χ3v) is 0. The van der Waals surface area contributed by atoms with E-state index in [2.05, 4.69) is 56.7 Å². The molecule has 0 atom stereocenters. The second kappa shape index (κ2) is 15.7. The van der Waals surface area contributed by atoms with Crippen molar-refractivity contribution in [2.45, 2.75) is 0 Å². The van der Waals surface area contributed by atoms with E-state index in [0.29, 0.717) is 0 Å². The normalized spacial score (nSPS) is 7.33. The van der Waals surface area contributed by atoms with Crippen molar-refractivity contribution in [1.29, 1.82) is 0 Å². The summed E-state index contributed by atoms with van der Waals surface area (Å²) in [6.45, 7) is 0. The molecule has 0 heterocycles. The molecular formula is Br4Co2. The molecule has 0 aromatic heterocycles. The van der Waals surface area contributed by atoms with Gasteiger partial charge < -0.3 is 0 Å². The summed E-state index contributed by atoms with van der Waals surface area (Å²) in [5.41, 5.74) is 0. The van der Waals surface area contributed by atoms with Gasteiger partial charge in [-0.1, -0.05) is 0 Å². The molecule has 0 N–H and O–H groups in total. The van der Waals surface area contributed by atoms with E-state index < -0.39 is 0 Å². The van der Waals surface area contributed by atoms with Gasteiger partial charge in [0.05, 0.1) is 0 Å². The van der Waals surface area contributed by atoms with Crippen molar-refractivity contribution in [2.24, 2.45) is 0 Å². The minimum atomic E-state index is 1.06. The summed E-state index contributed by atoms with van der Waals surface area (Å²) >= 11 is 14.2. The van der Waals surface area contributed by atoms with Gasteiger partial charge in [-0.15, -0.1) is 0 Å². The molecule has 0 saturated heterocycles. The van der Waals surface area contributed by atoms with E-state index in [0.717, 1.165) is 22.2 Å². The van der Waals surface area contributed by atoms with Crippen LogP contribution in [0.25, 0.3) is 0 Å². The molecular weight excluding hydrogens is 437 g/mol. The summed E-state index contributed by atoms with van der Waals surface area (Å²) in [6, 6.07) is 0. The van der Waals surface area contributed by atoms with Gasteiger partial charge in [-0.25, -0.2) is 0 Å². The van der Waals surface area contributed by atoms with Crippen molar-refractivity contribution in [1.82, 2.24) is 0 Å². The molecule has 0 aromatic rings. The van der Waals surface area contributed by atoms with Crippen molar-refractivity contribution < 1.29 is 22.2 Å². The van der Waals surface area contributed by atoms with Crippen molar-refractivity contribution in [2.75, 3.05) is 0 Å². The van der Waals surface area contributed by atoms with Crippen LogP contribution in [0.15, 0.2) is 0 Å². The van der Waals surface area contributed by atoms with Crippen LogP contribution in [-0.2, 0) is 22.2 Å². The molecule has 0 fully saturated rings. The first-order valence-electron chi connectivity index (χ1n) is 0.504. The minimum absolute atomic E-state index is 1.06. The van der Waals surface area contributed by atoms with Crippen LogP contribution >= 0.6 is 56.7 Å². The molecule has 6 heteroatoms. The van der Waals surface area contributed by atoms with E-state index in [1.165, 1.54) is 0 Å². The van der Waals surface area contributed by atoms with Crippen molar-refractivity contribution in [3.8, 4) is 0 Å². The summed E-state index contributed by atoms with van der Waals surface area (Å²) < 4.78 is 0. The van der Waals surface area contributed by atoms with Gasteiger partial charge in [-0.2, -0.15) is 0 Å². The Morgan fingerprint density at radius 3 is 0.667 bits per heavy atom. The molecule has 6 heavy (non-hydrogen) atoms. The molecule has 0 bridgehead atoms. The zero-order valence-corrected chi connectivity index (χ0v) is 10.6. The molecule has 0 spiro atoms. The Balaban J connectivity index is 0. The van der Waals surface area contributed by atoms with Gasteiger partial charge in [-0.3, -0.25) is 0 Å². The summed E-state index contributed by atoms with van der Waals surface area (Å²) in [7, 11) is 0. The van der Waals surface area contributed by atoms with E-state index in [1.807, 2.05) is 0 Å². The Morgan fingerprint density at radius 1 is 0.667 bits per heavy atom. The maximum absolute atomic E-state index is 3.03. The third-order valence-electron chi connectivity index (χ3n) is 0. The van der Waals surface area contributed by atoms with Gasteiger partial charge in [-0.05, 0) is 0 Å². The molecule has 0 saturated carbocycles. The van der Waals surface area contributed by atoms with Crippen LogP contribution in [-0.4, -0.2) is 0 Å². The van der Waals surface area contributed by atoms with Crippen LogP contribution in [0.1, 0.15) is 0 Å². The summed E-state index contributed by atoms with van der Waals surface area (Å²) in [5, 5.41) is 0. The van der Waals surface area contributed by atoms with Gasteiger partial charge in [0, 0.05) is 0 Å². The quantitative estimate of drug-likeness (QED) is 0.545. The second-order valence-electron chi connectivity index (χ2n) is 0.0952. The average Bonchev–Trinajstić information content (AvgIpc) is 1.39. The number of hydrogen-bond acceptors (Lipinski definition) is 0. The van der Waals surface area contributed by atoms with Crippen LogP contribution in [0.4, 0.5) is 0 Å². The fourth-order valence-corrected chi connectivity index (χ4v) is 0. The molecule has 0 aliphatic heterocycles. The van der Waals surface area contributed by atoms with Crippen LogP contribution in [0.5, 0.6) is 0 Å². The number of halogens is 4. The van der Waals surface area contributed by atoms with Gasteiger partial charge in [0.1, 0.15) is 0 Å². The molecule has 46 valence electrons. The molecule has 0 radical (unpaired) electrons. The Kier molecular flexibility index (Phi) is 30.5. The molecule has 0 aromatic carbocycles. The Bertz CT molecular complexity index is 7.51. The van der Waals surface area contributed by atoms with Gasteiger partial charge in [0.25, 0.3) is 0 Å². The predicted octanol–water partition coefficient (Wildman–Crippen LogP) is 3.38. The number of hydrogen-bond donors (Lipinski definition) is 0. The summed E-state index contributed by atoms with van der Waals surface area (Å²) in [6.07, 6.45) is 0.